The normalized spacial score (nSPS) is 11.9. The van der Waals surface area contributed by atoms with Crippen molar-refractivity contribution in [2.24, 2.45) is 5.41 Å². The fourth-order valence-electron chi connectivity index (χ4n) is 1.33. The van der Waals surface area contributed by atoms with E-state index in [-0.39, 0.29) is 11.5 Å². The lowest BCUT2D eigenvalue weighted by molar-refractivity contribution is -0.136. The summed E-state index contributed by atoms with van der Waals surface area (Å²) in [4.78, 5) is 23.6. The van der Waals surface area contributed by atoms with Gasteiger partial charge in [-0.3, -0.25) is 4.79 Å². The van der Waals surface area contributed by atoms with Crippen LogP contribution in [0.5, 0.6) is 0 Å². The quantitative estimate of drug-likeness (QED) is 0.680. The molecule has 5 heteroatoms. The van der Waals surface area contributed by atoms with E-state index in [9.17, 15) is 14.0 Å². The third-order valence-corrected chi connectivity index (χ3v) is 2.52. The summed E-state index contributed by atoms with van der Waals surface area (Å²) < 4.78 is 17.7. The molecule has 0 aliphatic rings. The second-order valence-corrected chi connectivity index (χ2v) is 5.30. The van der Waals surface area contributed by atoms with Crippen molar-refractivity contribution < 1.29 is 18.7 Å². The summed E-state index contributed by atoms with van der Waals surface area (Å²) in [5, 5.41) is 2.70. The van der Waals surface area contributed by atoms with E-state index in [0.29, 0.717) is 5.69 Å². The predicted molar refractivity (Wildman–Crippen MR) is 74.6 cm³/mol. The molecule has 0 aliphatic carbocycles. The number of rotatable bonds is 4. The Bertz CT molecular complexity index is 544. The van der Waals surface area contributed by atoms with Gasteiger partial charge in [-0.2, -0.15) is 0 Å². The van der Waals surface area contributed by atoms with Crippen LogP contribution in [0.2, 0.25) is 0 Å². The number of nitrogens with one attached hydrogen (secondary N) is 1. The van der Waals surface area contributed by atoms with Crippen LogP contribution < -0.4 is 5.32 Å². The molecular weight excluding hydrogens is 261 g/mol. The number of ether oxygens (including phenoxy) is 1. The van der Waals surface area contributed by atoms with Crippen LogP contribution >= 0.6 is 0 Å². The average molecular weight is 279 g/mol. The lowest BCUT2D eigenvalue weighted by Gasteiger charge is -2.15. The lowest BCUT2D eigenvalue weighted by atomic mass is 9.90. The van der Waals surface area contributed by atoms with Crippen LogP contribution in [0.15, 0.2) is 36.0 Å². The Morgan fingerprint density at radius 1 is 1.30 bits per heavy atom. The zero-order valence-electron chi connectivity index (χ0n) is 12.0. The maximum absolute atomic E-state index is 13.1. The van der Waals surface area contributed by atoms with Crippen LogP contribution in [0.1, 0.15) is 20.8 Å². The minimum Gasteiger partial charge on any atom is -0.464 e. The zero-order chi connectivity index (χ0) is 15.3. The third kappa shape index (κ3) is 4.50. The first-order chi connectivity index (χ1) is 9.24. The van der Waals surface area contributed by atoms with Gasteiger partial charge in [0.25, 0.3) is 0 Å². The molecule has 1 aromatic rings. The number of carbonyl (C=O) groups excluding carboxylic acids is 2. The molecule has 0 amide bonds. The number of anilines is 1. The molecule has 0 radical (unpaired) electrons. The molecule has 20 heavy (non-hydrogen) atoms. The van der Waals surface area contributed by atoms with Gasteiger partial charge in [0, 0.05) is 17.2 Å². The van der Waals surface area contributed by atoms with E-state index in [1.54, 1.807) is 26.8 Å². The summed E-state index contributed by atoms with van der Waals surface area (Å²) in [6, 6.07) is 5.59. The standard InChI is InChI=1S/C15H18FNO3/c1-15(2,3)13(18)9-12(14(19)20-4)17-11-7-5-6-10(16)8-11/h5-9,17H,1-4H3/b12-9-. The van der Waals surface area contributed by atoms with Crippen LogP contribution in [0.25, 0.3) is 0 Å². The Kier molecular flexibility index (Phi) is 5.02. The summed E-state index contributed by atoms with van der Waals surface area (Å²) in [6.07, 6.45) is 1.18. The van der Waals surface area contributed by atoms with E-state index in [0.717, 1.165) is 0 Å². The summed E-state index contributed by atoms with van der Waals surface area (Å²) in [6.45, 7) is 5.22. The highest BCUT2D eigenvalue weighted by molar-refractivity contribution is 6.03. The van der Waals surface area contributed by atoms with Gasteiger partial charge in [0.05, 0.1) is 7.11 Å². The Labute approximate surface area is 117 Å². The molecule has 0 aliphatic heterocycles. The van der Waals surface area contributed by atoms with Gasteiger partial charge in [-0.05, 0) is 18.2 Å². The minimum absolute atomic E-state index is 0.0296. The number of hydrogen-bond donors (Lipinski definition) is 1. The van der Waals surface area contributed by atoms with Crippen molar-refractivity contribution in [2.75, 3.05) is 12.4 Å². The molecule has 0 unspecified atom stereocenters. The Morgan fingerprint density at radius 3 is 2.45 bits per heavy atom. The van der Waals surface area contributed by atoms with Crippen molar-refractivity contribution in [3.63, 3.8) is 0 Å². The average Bonchev–Trinajstić information content (AvgIpc) is 2.35. The highest BCUT2D eigenvalue weighted by Gasteiger charge is 2.22. The Morgan fingerprint density at radius 2 is 1.95 bits per heavy atom. The molecule has 1 rings (SSSR count). The topological polar surface area (TPSA) is 55.4 Å². The van der Waals surface area contributed by atoms with E-state index in [4.69, 9.17) is 0 Å². The first-order valence-corrected chi connectivity index (χ1v) is 6.11. The van der Waals surface area contributed by atoms with Gasteiger partial charge in [-0.15, -0.1) is 0 Å². The molecule has 0 spiro atoms. The number of carbonyl (C=O) groups is 2. The van der Waals surface area contributed by atoms with Gasteiger partial charge < -0.3 is 10.1 Å². The fourth-order valence-corrected chi connectivity index (χ4v) is 1.33. The van der Waals surface area contributed by atoms with Gasteiger partial charge in [0.15, 0.2) is 5.78 Å². The molecule has 1 N–H and O–H groups in total. The van der Waals surface area contributed by atoms with Gasteiger partial charge >= 0.3 is 5.97 Å². The summed E-state index contributed by atoms with van der Waals surface area (Å²) in [5.74, 6) is -1.37. The first-order valence-electron chi connectivity index (χ1n) is 6.11. The van der Waals surface area contributed by atoms with E-state index < -0.39 is 17.2 Å². The van der Waals surface area contributed by atoms with E-state index in [1.807, 2.05) is 0 Å². The highest BCUT2D eigenvalue weighted by Crippen LogP contribution is 2.18. The second kappa shape index (κ2) is 6.32. The SMILES string of the molecule is COC(=O)/C(=C/C(=O)C(C)(C)C)Nc1cccc(F)c1. The van der Waals surface area contributed by atoms with Crippen molar-refractivity contribution in [3.05, 3.63) is 41.9 Å². The molecule has 1 aromatic carbocycles. The van der Waals surface area contributed by atoms with Gasteiger partial charge in [-0.25, -0.2) is 9.18 Å². The number of allylic oxidation sites excluding steroid dienone is 1. The fraction of sp³-hybridized carbons (Fsp3) is 0.333. The Balaban J connectivity index is 3.05. The summed E-state index contributed by atoms with van der Waals surface area (Å²) in [5.41, 5.74) is -0.288. The minimum atomic E-state index is -0.688. The molecule has 0 atom stereocenters. The molecule has 0 saturated carbocycles. The van der Waals surface area contributed by atoms with E-state index in [1.165, 1.54) is 31.4 Å². The molecule has 0 saturated heterocycles. The molecule has 0 bridgehead atoms. The van der Waals surface area contributed by atoms with Crippen LogP contribution in [0.4, 0.5) is 10.1 Å². The first kappa shape index (κ1) is 15.9. The van der Waals surface area contributed by atoms with Crippen molar-refractivity contribution in [3.8, 4) is 0 Å². The van der Waals surface area contributed by atoms with Crippen molar-refractivity contribution in [1.29, 1.82) is 0 Å². The molecule has 4 nitrogen and oxygen atoms in total. The van der Waals surface area contributed by atoms with Crippen LogP contribution in [0.3, 0.4) is 0 Å². The predicted octanol–water partition coefficient (Wildman–Crippen LogP) is 2.91. The number of halogens is 1. The number of esters is 1. The van der Waals surface area contributed by atoms with Crippen LogP contribution in [0, 0.1) is 11.2 Å². The number of methoxy groups -OCH3 is 1. The largest absolute Gasteiger partial charge is 0.464 e. The molecule has 108 valence electrons. The second-order valence-electron chi connectivity index (χ2n) is 5.30. The molecule has 0 fully saturated rings. The molecule has 0 heterocycles. The van der Waals surface area contributed by atoms with Crippen molar-refractivity contribution >= 4 is 17.4 Å². The van der Waals surface area contributed by atoms with Gasteiger partial charge in [0.1, 0.15) is 11.5 Å². The maximum atomic E-state index is 13.1. The van der Waals surface area contributed by atoms with Crippen LogP contribution in [-0.2, 0) is 14.3 Å². The Hall–Kier alpha value is -2.17. The monoisotopic (exact) mass is 279 g/mol. The van der Waals surface area contributed by atoms with E-state index >= 15 is 0 Å². The highest BCUT2D eigenvalue weighted by atomic mass is 19.1. The van der Waals surface area contributed by atoms with Crippen molar-refractivity contribution in [2.45, 2.75) is 20.8 Å². The smallest absolute Gasteiger partial charge is 0.354 e. The van der Waals surface area contributed by atoms with Gasteiger partial charge in [-0.1, -0.05) is 26.8 Å². The third-order valence-electron chi connectivity index (χ3n) is 2.52. The maximum Gasteiger partial charge on any atom is 0.354 e. The number of ketones is 1. The molecular formula is C15H18FNO3. The summed E-state index contributed by atoms with van der Waals surface area (Å²) in [7, 11) is 1.21. The number of hydrogen-bond acceptors (Lipinski definition) is 4. The zero-order valence-corrected chi connectivity index (χ0v) is 12.0. The summed E-state index contributed by atoms with van der Waals surface area (Å²) >= 11 is 0. The van der Waals surface area contributed by atoms with Crippen molar-refractivity contribution in [1.82, 2.24) is 0 Å². The molecule has 0 aromatic heterocycles. The van der Waals surface area contributed by atoms with Crippen LogP contribution in [-0.4, -0.2) is 18.9 Å². The van der Waals surface area contributed by atoms with E-state index in [2.05, 4.69) is 10.1 Å². The lowest BCUT2D eigenvalue weighted by Crippen LogP contribution is -2.22. The number of benzene rings is 1. The van der Waals surface area contributed by atoms with Gasteiger partial charge in [0.2, 0.25) is 0 Å².